The number of hydrogen-bond donors (Lipinski definition) is 4. The third-order valence-electron chi connectivity index (χ3n) is 1.72. The smallest absolute Gasteiger partial charge is 0.328 e. The molecule has 0 spiro atoms. The zero-order chi connectivity index (χ0) is 12.6. The number of carbonyl (C=O) groups is 2. The van der Waals surface area contributed by atoms with Gasteiger partial charge in [-0.1, -0.05) is 6.92 Å². The summed E-state index contributed by atoms with van der Waals surface area (Å²) < 4.78 is 11.0. The first-order chi connectivity index (χ1) is 7.51. The van der Waals surface area contributed by atoms with Gasteiger partial charge in [0, 0.05) is 28.9 Å². The van der Waals surface area contributed by atoms with Gasteiger partial charge in [-0.25, -0.2) is 9.59 Å². The number of aliphatic hydroxyl groups is 1. The molecule has 0 bridgehead atoms. The summed E-state index contributed by atoms with van der Waals surface area (Å²) in [5, 5.41) is 21.6. The van der Waals surface area contributed by atoms with Crippen molar-refractivity contribution in [3.8, 4) is 0 Å². The molecule has 0 aliphatic heterocycles. The molecule has 0 aromatic heterocycles. The Hall–Kier alpha value is -1.15. The quantitative estimate of drug-likeness (QED) is 0.440. The fourth-order valence-electron chi connectivity index (χ4n) is 0.817. The summed E-state index contributed by atoms with van der Waals surface area (Å²) in [6.45, 7) is 1.29. The molecule has 94 valence electrons. The Balaban J connectivity index is 3.81. The van der Waals surface area contributed by atoms with Gasteiger partial charge in [0.15, 0.2) is 6.04 Å². The maximum atomic E-state index is 11.1. The number of aliphatic hydroxyl groups excluding tert-OH is 1. The van der Waals surface area contributed by atoms with Crippen molar-refractivity contribution in [3.05, 3.63) is 0 Å². The highest BCUT2D eigenvalue weighted by atomic mass is 32.2. The first-order valence-corrected chi connectivity index (χ1v) is 6.23. The summed E-state index contributed by atoms with van der Waals surface area (Å²) in [7, 11) is -0.975. The van der Waals surface area contributed by atoms with E-state index in [0.717, 1.165) is 0 Å². The molecule has 2 amide bonds. The van der Waals surface area contributed by atoms with E-state index < -0.39 is 35.4 Å². The number of aliphatic carboxylic acids is 1. The van der Waals surface area contributed by atoms with Gasteiger partial charge in [0.2, 0.25) is 0 Å². The van der Waals surface area contributed by atoms with Gasteiger partial charge in [-0.2, -0.15) is 0 Å². The maximum Gasteiger partial charge on any atom is 0.328 e. The van der Waals surface area contributed by atoms with Gasteiger partial charge in [0.1, 0.15) is 0 Å². The second kappa shape index (κ2) is 8.05. The van der Waals surface area contributed by atoms with Crippen molar-refractivity contribution in [3.63, 3.8) is 0 Å². The molecule has 8 heteroatoms. The molecule has 16 heavy (non-hydrogen) atoms. The van der Waals surface area contributed by atoms with Crippen molar-refractivity contribution >= 4 is 22.8 Å². The third-order valence-corrected chi connectivity index (χ3v) is 3.03. The van der Waals surface area contributed by atoms with E-state index in [1.54, 1.807) is 6.92 Å². The highest BCUT2D eigenvalue weighted by molar-refractivity contribution is 7.84. The van der Waals surface area contributed by atoms with Crippen LogP contribution in [-0.2, 0) is 15.6 Å². The van der Waals surface area contributed by atoms with E-state index in [9.17, 15) is 13.8 Å². The Bertz CT molecular complexity index is 271. The van der Waals surface area contributed by atoms with Crippen LogP contribution in [0, 0.1) is 0 Å². The summed E-state index contributed by atoms with van der Waals surface area (Å²) in [6, 6.07) is -2.02. The van der Waals surface area contributed by atoms with E-state index in [1.165, 1.54) is 0 Å². The van der Waals surface area contributed by atoms with Crippen molar-refractivity contribution in [1.82, 2.24) is 10.6 Å². The number of carboxylic acids is 1. The van der Waals surface area contributed by atoms with Crippen LogP contribution in [0.15, 0.2) is 0 Å². The Labute approximate surface area is 95.7 Å². The molecule has 0 rings (SSSR count). The highest BCUT2D eigenvalue weighted by Crippen LogP contribution is 1.83. The first-order valence-electron chi connectivity index (χ1n) is 4.74. The molecule has 0 aromatic carbocycles. The van der Waals surface area contributed by atoms with Crippen LogP contribution >= 0.6 is 0 Å². The van der Waals surface area contributed by atoms with Gasteiger partial charge < -0.3 is 20.8 Å². The summed E-state index contributed by atoms with van der Waals surface area (Å²) in [5.74, 6) is -0.479. The first kappa shape index (κ1) is 14.8. The average Bonchev–Trinajstić information content (AvgIpc) is 2.25. The number of carbonyl (C=O) groups excluding carboxylic acids is 1. The lowest BCUT2D eigenvalue weighted by Gasteiger charge is -2.12. The average molecular weight is 252 g/mol. The summed E-state index contributed by atoms with van der Waals surface area (Å²) in [4.78, 5) is 21.5. The fourth-order valence-corrected chi connectivity index (χ4v) is 1.44. The highest BCUT2D eigenvalue weighted by Gasteiger charge is 2.18. The van der Waals surface area contributed by atoms with Crippen molar-refractivity contribution in [2.75, 3.05) is 24.7 Å². The largest absolute Gasteiger partial charge is 0.480 e. The van der Waals surface area contributed by atoms with Crippen LogP contribution in [0.3, 0.4) is 0 Å². The lowest BCUT2D eigenvalue weighted by molar-refractivity contribution is -0.140. The van der Waals surface area contributed by atoms with Crippen LogP contribution in [0.1, 0.15) is 6.92 Å². The molecule has 7 nitrogen and oxygen atoms in total. The molecule has 0 fully saturated rings. The Kier molecular flexibility index (Phi) is 7.48. The van der Waals surface area contributed by atoms with Gasteiger partial charge in [0.25, 0.3) is 0 Å². The van der Waals surface area contributed by atoms with Crippen molar-refractivity contribution in [1.29, 1.82) is 0 Å². The number of rotatable bonds is 7. The number of amides is 2. The Morgan fingerprint density at radius 1 is 1.44 bits per heavy atom. The summed E-state index contributed by atoms with van der Waals surface area (Å²) in [6.07, 6.45) is 0. The van der Waals surface area contributed by atoms with Crippen LogP contribution in [0.5, 0.6) is 0 Å². The molecule has 0 aliphatic rings. The maximum absolute atomic E-state index is 11.1. The van der Waals surface area contributed by atoms with Gasteiger partial charge in [0.05, 0.1) is 6.61 Å². The van der Waals surface area contributed by atoms with Crippen LogP contribution in [-0.4, -0.2) is 57.1 Å². The zero-order valence-corrected chi connectivity index (χ0v) is 9.75. The molecular weight excluding hydrogens is 236 g/mol. The second-order valence-electron chi connectivity index (χ2n) is 2.91. The van der Waals surface area contributed by atoms with Crippen molar-refractivity contribution < 1.29 is 24.0 Å². The van der Waals surface area contributed by atoms with Crippen molar-refractivity contribution in [2.24, 2.45) is 0 Å². The summed E-state index contributed by atoms with van der Waals surface area (Å²) in [5.41, 5.74) is 0. The minimum absolute atomic E-state index is 0.198. The molecule has 2 unspecified atom stereocenters. The van der Waals surface area contributed by atoms with Gasteiger partial charge in [-0.05, 0) is 0 Å². The Morgan fingerprint density at radius 3 is 2.50 bits per heavy atom. The number of nitrogens with one attached hydrogen (secondary N) is 2. The van der Waals surface area contributed by atoms with Gasteiger partial charge in [-0.3, -0.25) is 4.21 Å². The Morgan fingerprint density at radius 2 is 2.06 bits per heavy atom. The lowest BCUT2D eigenvalue weighted by Crippen LogP contribution is -2.48. The fraction of sp³-hybridized carbons (Fsp3) is 0.750. The molecule has 0 heterocycles. The molecule has 0 aliphatic carbocycles. The van der Waals surface area contributed by atoms with Gasteiger partial charge >= 0.3 is 12.0 Å². The predicted molar refractivity (Wildman–Crippen MR) is 58.6 cm³/mol. The normalized spacial score (nSPS) is 13.9. The van der Waals surface area contributed by atoms with E-state index in [2.05, 4.69) is 10.6 Å². The van der Waals surface area contributed by atoms with E-state index in [-0.39, 0.29) is 6.54 Å². The monoisotopic (exact) mass is 252 g/mol. The minimum Gasteiger partial charge on any atom is -0.480 e. The molecule has 0 aromatic rings. The standard InChI is InChI=1S/C8H16N2O5S/c1-2-16(15)4-3-9-8(14)10-6(5-11)7(12)13/h6,11H,2-5H2,1H3,(H,12,13)(H2,9,10,14). The molecule has 2 atom stereocenters. The zero-order valence-electron chi connectivity index (χ0n) is 8.93. The van der Waals surface area contributed by atoms with Gasteiger partial charge in [-0.15, -0.1) is 0 Å². The van der Waals surface area contributed by atoms with E-state index in [0.29, 0.717) is 11.5 Å². The molecule has 0 radical (unpaired) electrons. The van der Waals surface area contributed by atoms with E-state index in [4.69, 9.17) is 10.2 Å². The van der Waals surface area contributed by atoms with Crippen molar-refractivity contribution in [2.45, 2.75) is 13.0 Å². The van der Waals surface area contributed by atoms with Crippen LogP contribution < -0.4 is 10.6 Å². The SMILES string of the molecule is CCS(=O)CCNC(=O)NC(CO)C(=O)O. The van der Waals surface area contributed by atoms with Crippen LogP contribution in [0.25, 0.3) is 0 Å². The number of carboxylic acid groups (broad SMARTS) is 1. The molecule has 4 N–H and O–H groups in total. The van der Waals surface area contributed by atoms with Crippen LogP contribution in [0.4, 0.5) is 4.79 Å². The number of hydrogen-bond acceptors (Lipinski definition) is 4. The molecule has 0 saturated carbocycles. The van der Waals surface area contributed by atoms with E-state index >= 15 is 0 Å². The molecular formula is C8H16N2O5S. The minimum atomic E-state index is -1.32. The second-order valence-corrected chi connectivity index (χ2v) is 4.77. The predicted octanol–water partition coefficient (Wildman–Crippen LogP) is -1.50. The topological polar surface area (TPSA) is 116 Å². The lowest BCUT2D eigenvalue weighted by atomic mass is 10.3. The number of urea groups is 1. The molecule has 0 saturated heterocycles. The van der Waals surface area contributed by atoms with E-state index in [1.807, 2.05) is 0 Å². The van der Waals surface area contributed by atoms with Crippen LogP contribution in [0.2, 0.25) is 0 Å². The third kappa shape index (κ3) is 6.36. The summed E-state index contributed by atoms with van der Waals surface area (Å²) >= 11 is 0.